The summed E-state index contributed by atoms with van der Waals surface area (Å²) in [4.78, 5) is 25.1. The maximum atomic E-state index is 12.0. The van der Waals surface area contributed by atoms with E-state index in [-0.39, 0.29) is 30.8 Å². The average Bonchev–Trinajstić information content (AvgIpc) is 2.42. The van der Waals surface area contributed by atoms with Crippen molar-refractivity contribution in [2.24, 2.45) is 11.7 Å². The highest BCUT2D eigenvalue weighted by Crippen LogP contribution is 2.33. The molecular formula is C15H22ClN3O3. The van der Waals surface area contributed by atoms with E-state index in [1.807, 2.05) is 13.8 Å². The number of benzene rings is 1. The van der Waals surface area contributed by atoms with Crippen LogP contribution < -0.4 is 20.7 Å². The highest BCUT2D eigenvalue weighted by molar-refractivity contribution is 5.99. The third-order valence-electron chi connectivity index (χ3n) is 3.38. The first-order chi connectivity index (χ1) is 9.88. The number of nitrogens with one attached hydrogen (secondary N) is 1. The lowest BCUT2D eigenvalue weighted by Gasteiger charge is -2.26. The molecule has 22 heavy (non-hydrogen) atoms. The number of likely N-dealkylation sites (N-methyl/N-ethyl adjacent to an activating group) is 1. The highest BCUT2D eigenvalue weighted by atomic mass is 35.5. The number of nitrogens with two attached hydrogens (primary N) is 1. The average molecular weight is 328 g/mol. The van der Waals surface area contributed by atoms with Crippen LogP contribution in [0, 0.1) is 5.92 Å². The van der Waals surface area contributed by atoms with Crippen molar-refractivity contribution < 1.29 is 14.3 Å². The molecule has 7 heteroatoms. The van der Waals surface area contributed by atoms with Gasteiger partial charge in [0.2, 0.25) is 5.91 Å². The fourth-order valence-corrected chi connectivity index (χ4v) is 2.20. The van der Waals surface area contributed by atoms with Gasteiger partial charge in [0.1, 0.15) is 5.75 Å². The Labute approximate surface area is 136 Å². The summed E-state index contributed by atoms with van der Waals surface area (Å²) in [5, 5.41) is 2.78. The van der Waals surface area contributed by atoms with Crippen LogP contribution in [-0.2, 0) is 9.59 Å². The summed E-state index contributed by atoms with van der Waals surface area (Å²) in [5.41, 5.74) is 7.09. The van der Waals surface area contributed by atoms with Gasteiger partial charge in [-0.3, -0.25) is 9.59 Å². The molecule has 0 radical (unpaired) electrons. The van der Waals surface area contributed by atoms with Gasteiger partial charge in [0.05, 0.1) is 11.7 Å². The molecule has 0 unspecified atom stereocenters. The number of anilines is 2. The van der Waals surface area contributed by atoms with Gasteiger partial charge in [-0.2, -0.15) is 0 Å². The number of rotatable bonds is 4. The predicted octanol–water partition coefficient (Wildman–Crippen LogP) is 1.78. The summed E-state index contributed by atoms with van der Waals surface area (Å²) in [6, 6.07) is 4.65. The van der Waals surface area contributed by atoms with Gasteiger partial charge < -0.3 is 20.7 Å². The number of fused-ring (bicyclic) bond motifs is 1. The molecule has 0 saturated carbocycles. The monoisotopic (exact) mass is 327 g/mol. The van der Waals surface area contributed by atoms with Gasteiger partial charge in [0, 0.05) is 12.7 Å². The summed E-state index contributed by atoms with van der Waals surface area (Å²) in [7, 11) is 1.68. The molecule has 1 aliphatic heterocycles. The lowest BCUT2D eigenvalue weighted by Crippen LogP contribution is -2.37. The summed E-state index contributed by atoms with van der Waals surface area (Å²) in [5.74, 6) is 0.629. The number of ether oxygens (including phenoxy) is 1. The molecule has 3 N–H and O–H groups in total. The minimum atomic E-state index is -0.545. The molecular weight excluding hydrogens is 306 g/mol. The van der Waals surface area contributed by atoms with Gasteiger partial charge in [-0.1, -0.05) is 13.8 Å². The minimum Gasteiger partial charge on any atom is -0.482 e. The molecule has 0 aromatic heterocycles. The molecule has 0 fully saturated rings. The number of nitrogens with zero attached hydrogens (tertiary/aromatic N) is 1. The summed E-state index contributed by atoms with van der Waals surface area (Å²) < 4.78 is 5.34. The maximum Gasteiger partial charge on any atom is 0.264 e. The number of halogens is 1. The van der Waals surface area contributed by atoms with Crippen molar-refractivity contribution in [2.45, 2.75) is 26.3 Å². The molecule has 0 saturated heterocycles. The Balaban J connectivity index is 0.00000242. The number of carbonyl (C=O) groups excluding carboxylic acids is 2. The molecule has 1 aromatic carbocycles. The zero-order valence-electron chi connectivity index (χ0n) is 13.0. The second-order valence-corrected chi connectivity index (χ2v) is 5.65. The second-order valence-electron chi connectivity index (χ2n) is 5.65. The van der Waals surface area contributed by atoms with E-state index in [0.717, 1.165) is 0 Å². The van der Waals surface area contributed by atoms with Gasteiger partial charge in [-0.05, 0) is 30.5 Å². The van der Waals surface area contributed by atoms with Gasteiger partial charge in [-0.15, -0.1) is 12.4 Å². The van der Waals surface area contributed by atoms with E-state index in [9.17, 15) is 9.59 Å². The first kappa shape index (κ1) is 18.3. The van der Waals surface area contributed by atoms with Crippen molar-refractivity contribution in [2.75, 3.05) is 23.9 Å². The fraction of sp³-hybridized carbons (Fsp3) is 0.467. The van der Waals surface area contributed by atoms with Crippen LogP contribution in [0.5, 0.6) is 5.75 Å². The largest absolute Gasteiger partial charge is 0.482 e. The predicted molar refractivity (Wildman–Crippen MR) is 88.7 cm³/mol. The molecule has 1 heterocycles. The third kappa shape index (κ3) is 4.11. The minimum absolute atomic E-state index is 0. The van der Waals surface area contributed by atoms with Gasteiger partial charge in [-0.25, -0.2) is 0 Å². The third-order valence-corrected chi connectivity index (χ3v) is 3.38. The van der Waals surface area contributed by atoms with E-state index in [1.54, 1.807) is 25.2 Å². The zero-order chi connectivity index (χ0) is 15.6. The highest BCUT2D eigenvalue weighted by Gasteiger charge is 2.23. The topological polar surface area (TPSA) is 84.7 Å². The van der Waals surface area contributed by atoms with Crippen LogP contribution in [0.3, 0.4) is 0 Å². The van der Waals surface area contributed by atoms with E-state index < -0.39 is 6.04 Å². The molecule has 2 rings (SSSR count). The molecule has 0 bridgehead atoms. The van der Waals surface area contributed by atoms with Crippen molar-refractivity contribution in [3.8, 4) is 5.75 Å². The van der Waals surface area contributed by atoms with E-state index in [0.29, 0.717) is 29.5 Å². The summed E-state index contributed by atoms with van der Waals surface area (Å²) in [6.07, 6.45) is 0.623. The van der Waals surface area contributed by atoms with E-state index in [1.165, 1.54) is 4.90 Å². The Morgan fingerprint density at radius 1 is 1.45 bits per heavy atom. The van der Waals surface area contributed by atoms with Crippen LogP contribution in [0.15, 0.2) is 18.2 Å². The lowest BCUT2D eigenvalue weighted by molar-refractivity contribution is -0.121. The van der Waals surface area contributed by atoms with Crippen LogP contribution in [0.2, 0.25) is 0 Å². The first-order valence-corrected chi connectivity index (χ1v) is 6.98. The number of hydrogen-bond acceptors (Lipinski definition) is 4. The smallest absolute Gasteiger partial charge is 0.264 e. The Hall–Kier alpha value is -1.79. The molecule has 2 amide bonds. The van der Waals surface area contributed by atoms with Crippen molar-refractivity contribution in [1.29, 1.82) is 0 Å². The zero-order valence-corrected chi connectivity index (χ0v) is 13.8. The molecule has 6 nitrogen and oxygen atoms in total. The van der Waals surface area contributed by atoms with Crippen LogP contribution in [-0.4, -0.2) is 31.5 Å². The van der Waals surface area contributed by atoms with E-state index in [4.69, 9.17) is 10.5 Å². The number of hydrogen-bond donors (Lipinski definition) is 2. The number of carbonyl (C=O) groups is 2. The van der Waals surface area contributed by atoms with E-state index >= 15 is 0 Å². The molecule has 1 atom stereocenters. The normalized spacial score (nSPS) is 14.8. The molecule has 0 aliphatic carbocycles. The maximum absolute atomic E-state index is 12.0. The Bertz CT molecular complexity index is 563. The van der Waals surface area contributed by atoms with Gasteiger partial charge >= 0.3 is 0 Å². The van der Waals surface area contributed by atoms with Crippen LogP contribution in [0.4, 0.5) is 11.4 Å². The van der Waals surface area contributed by atoms with Gasteiger partial charge in [0.25, 0.3) is 5.91 Å². The number of amides is 2. The van der Waals surface area contributed by atoms with Crippen LogP contribution >= 0.6 is 12.4 Å². The molecule has 122 valence electrons. The van der Waals surface area contributed by atoms with Crippen molar-refractivity contribution in [3.63, 3.8) is 0 Å². The Kier molecular flexibility index (Phi) is 6.20. The van der Waals surface area contributed by atoms with Crippen LogP contribution in [0.1, 0.15) is 20.3 Å². The summed E-state index contributed by atoms with van der Waals surface area (Å²) >= 11 is 0. The molecule has 1 aromatic rings. The second kappa shape index (κ2) is 7.47. The summed E-state index contributed by atoms with van der Waals surface area (Å²) in [6.45, 7) is 4.07. The first-order valence-electron chi connectivity index (χ1n) is 6.98. The fourth-order valence-electron chi connectivity index (χ4n) is 2.20. The Morgan fingerprint density at radius 3 is 2.77 bits per heavy atom. The van der Waals surface area contributed by atoms with Crippen LogP contribution in [0.25, 0.3) is 0 Å². The molecule has 1 aliphatic rings. The quantitative estimate of drug-likeness (QED) is 0.882. The standard InChI is InChI=1S/C15H21N3O3.ClH/c1-9(2)6-11(16)15(20)17-10-4-5-13-12(7-10)18(3)14(19)8-21-13;/h4-5,7,9,11H,6,8,16H2,1-3H3,(H,17,20);1H/t11-;/m0./s1. The Morgan fingerprint density at radius 2 is 2.14 bits per heavy atom. The van der Waals surface area contributed by atoms with Gasteiger partial charge in [0.15, 0.2) is 6.61 Å². The van der Waals surface area contributed by atoms with Crippen molar-refractivity contribution in [3.05, 3.63) is 18.2 Å². The van der Waals surface area contributed by atoms with Crippen molar-refractivity contribution >= 4 is 35.6 Å². The SMILES string of the molecule is CC(C)C[C@H](N)C(=O)Nc1ccc2c(c1)N(C)C(=O)CO2.Cl. The van der Waals surface area contributed by atoms with Crippen molar-refractivity contribution in [1.82, 2.24) is 0 Å². The molecule has 0 spiro atoms. The lowest BCUT2D eigenvalue weighted by atomic mass is 10.0. The van der Waals surface area contributed by atoms with E-state index in [2.05, 4.69) is 5.32 Å².